The van der Waals surface area contributed by atoms with E-state index in [1.165, 1.54) is 22.5 Å². The molecule has 1 unspecified atom stereocenters. The second-order valence-electron chi connectivity index (χ2n) is 5.00. The molecule has 1 aromatic rings. The molecule has 18 heavy (non-hydrogen) atoms. The number of para-hydroxylation sites is 1. The number of likely N-dealkylation sites (N-methyl/N-ethyl adjacent to an activating group) is 1. The van der Waals surface area contributed by atoms with Gasteiger partial charge in [0.1, 0.15) is 0 Å². The van der Waals surface area contributed by atoms with E-state index in [0.29, 0.717) is 5.92 Å². The highest BCUT2D eigenvalue weighted by Crippen LogP contribution is 2.25. The molecule has 2 rings (SSSR count). The monoisotopic (exact) mass is 239 g/mol. The molecule has 0 heterocycles. The minimum atomic E-state index is 0.518. The Hall–Kier alpha value is -1.76. The molecule has 1 heteroatoms. The van der Waals surface area contributed by atoms with E-state index in [9.17, 15) is 0 Å². The predicted octanol–water partition coefficient (Wildman–Crippen LogP) is 4.47. The molecule has 0 aromatic heterocycles. The number of allylic oxidation sites excluding steroid dienone is 5. The first kappa shape index (κ1) is 12.7. The van der Waals surface area contributed by atoms with Crippen molar-refractivity contribution in [1.82, 2.24) is 0 Å². The molecule has 0 saturated carbocycles. The fourth-order valence-corrected chi connectivity index (χ4v) is 2.12. The maximum atomic E-state index is 2.26. The van der Waals surface area contributed by atoms with Crippen molar-refractivity contribution in [2.24, 2.45) is 5.92 Å². The van der Waals surface area contributed by atoms with Gasteiger partial charge in [-0.05, 0) is 43.5 Å². The van der Waals surface area contributed by atoms with E-state index in [4.69, 9.17) is 0 Å². The molecule has 1 aromatic carbocycles. The van der Waals surface area contributed by atoms with Gasteiger partial charge in [0.25, 0.3) is 0 Å². The van der Waals surface area contributed by atoms with Crippen molar-refractivity contribution in [1.29, 1.82) is 0 Å². The summed E-state index contributed by atoms with van der Waals surface area (Å²) in [5.74, 6) is 0.518. The lowest BCUT2D eigenvalue weighted by Crippen LogP contribution is -2.15. The molecule has 94 valence electrons. The summed E-state index contributed by atoms with van der Waals surface area (Å²) in [6, 6.07) is 8.48. The van der Waals surface area contributed by atoms with Gasteiger partial charge in [0.05, 0.1) is 0 Å². The van der Waals surface area contributed by atoms with Crippen LogP contribution < -0.4 is 4.90 Å². The van der Waals surface area contributed by atoms with Gasteiger partial charge < -0.3 is 4.90 Å². The molecule has 0 fully saturated rings. The molecule has 1 aliphatic rings. The van der Waals surface area contributed by atoms with Crippen molar-refractivity contribution in [3.05, 3.63) is 65.4 Å². The first-order valence-electron chi connectivity index (χ1n) is 6.45. The van der Waals surface area contributed by atoms with Crippen molar-refractivity contribution in [3.8, 4) is 0 Å². The third kappa shape index (κ3) is 2.56. The quantitative estimate of drug-likeness (QED) is 0.736. The highest BCUT2D eigenvalue weighted by Gasteiger charge is 2.09. The normalized spacial score (nSPS) is 19.0. The molecular formula is C17H21N. The van der Waals surface area contributed by atoms with Crippen molar-refractivity contribution >= 4 is 5.69 Å². The number of anilines is 1. The maximum absolute atomic E-state index is 2.26. The van der Waals surface area contributed by atoms with Crippen LogP contribution >= 0.6 is 0 Å². The molecular weight excluding hydrogens is 218 g/mol. The smallest absolute Gasteiger partial charge is 0.0437 e. The fraction of sp³-hybridized carbons (Fsp3) is 0.294. The topological polar surface area (TPSA) is 3.24 Å². The highest BCUT2D eigenvalue weighted by atomic mass is 15.1. The molecule has 0 amide bonds. The summed E-state index contributed by atoms with van der Waals surface area (Å²) in [6.07, 6.45) is 8.89. The van der Waals surface area contributed by atoms with Gasteiger partial charge in [-0.25, -0.2) is 0 Å². The fourth-order valence-electron chi connectivity index (χ4n) is 2.12. The van der Waals surface area contributed by atoms with Crippen LogP contribution in [0.2, 0.25) is 0 Å². The summed E-state index contributed by atoms with van der Waals surface area (Å²) in [5, 5.41) is 0. The zero-order chi connectivity index (χ0) is 13.1. The summed E-state index contributed by atoms with van der Waals surface area (Å²) in [7, 11) is 2.12. The van der Waals surface area contributed by atoms with Crippen LogP contribution in [-0.4, -0.2) is 7.05 Å². The number of benzene rings is 1. The van der Waals surface area contributed by atoms with Gasteiger partial charge in [0.2, 0.25) is 0 Å². The van der Waals surface area contributed by atoms with Crippen LogP contribution in [0.25, 0.3) is 0 Å². The molecule has 0 saturated heterocycles. The molecule has 1 nitrogen and oxygen atoms in total. The van der Waals surface area contributed by atoms with Crippen molar-refractivity contribution < 1.29 is 0 Å². The number of hydrogen-bond acceptors (Lipinski definition) is 1. The molecule has 0 bridgehead atoms. The van der Waals surface area contributed by atoms with Crippen LogP contribution in [0, 0.1) is 12.8 Å². The average molecular weight is 239 g/mol. The van der Waals surface area contributed by atoms with Crippen LogP contribution in [0.15, 0.2) is 59.8 Å². The molecule has 0 N–H and O–H groups in total. The van der Waals surface area contributed by atoms with E-state index in [1.807, 2.05) is 0 Å². The summed E-state index contributed by atoms with van der Waals surface area (Å²) in [4.78, 5) is 2.24. The second-order valence-corrected chi connectivity index (χ2v) is 5.00. The molecule has 0 spiro atoms. The Balaban J connectivity index is 2.33. The molecule has 0 radical (unpaired) electrons. The predicted molar refractivity (Wildman–Crippen MR) is 79.7 cm³/mol. The van der Waals surface area contributed by atoms with E-state index >= 15 is 0 Å². The lowest BCUT2D eigenvalue weighted by molar-refractivity contribution is 0.864. The van der Waals surface area contributed by atoms with E-state index in [0.717, 1.165) is 0 Å². The van der Waals surface area contributed by atoms with E-state index in [-0.39, 0.29) is 0 Å². The Morgan fingerprint density at radius 3 is 2.50 bits per heavy atom. The maximum Gasteiger partial charge on any atom is 0.0437 e. The Bertz CT molecular complexity index is 520. The minimum Gasteiger partial charge on any atom is -0.344 e. The van der Waals surface area contributed by atoms with Gasteiger partial charge in [-0.1, -0.05) is 42.8 Å². The number of hydrogen-bond donors (Lipinski definition) is 0. The zero-order valence-corrected chi connectivity index (χ0v) is 11.6. The highest BCUT2D eigenvalue weighted by molar-refractivity contribution is 5.59. The third-order valence-electron chi connectivity index (χ3n) is 3.65. The molecule has 0 aliphatic heterocycles. The van der Waals surface area contributed by atoms with Gasteiger partial charge in [0, 0.05) is 18.4 Å². The van der Waals surface area contributed by atoms with Crippen LogP contribution in [-0.2, 0) is 0 Å². The Kier molecular flexibility index (Phi) is 3.71. The van der Waals surface area contributed by atoms with Crippen LogP contribution in [0.5, 0.6) is 0 Å². The first-order valence-corrected chi connectivity index (χ1v) is 6.45. The molecule has 1 atom stereocenters. The van der Waals surface area contributed by atoms with Crippen LogP contribution in [0.3, 0.4) is 0 Å². The lowest BCUT2D eigenvalue weighted by atomic mass is 10.0. The zero-order valence-electron chi connectivity index (χ0n) is 11.6. The van der Waals surface area contributed by atoms with Crippen molar-refractivity contribution in [2.75, 3.05) is 11.9 Å². The van der Waals surface area contributed by atoms with Crippen LogP contribution in [0.1, 0.15) is 19.4 Å². The average Bonchev–Trinajstić information content (AvgIpc) is 2.53. The molecule has 1 aliphatic carbocycles. The van der Waals surface area contributed by atoms with Gasteiger partial charge in [-0.15, -0.1) is 0 Å². The van der Waals surface area contributed by atoms with Crippen LogP contribution in [0.4, 0.5) is 5.69 Å². The van der Waals surface area contributed by atoms with Crippen molar-refractivity contribution in [2.45, 2.75) is 20.8 Å². The first-order chi connectivity index (χ1) is 8.59. The van der Waals surface area contributed by atoms with Crippen molar-refractivity contribution in [3.63, 3.8) is 0 Å². The Morgan fingerprint density at radius 2 is 1.78 bits per heavy atom. The van der Waals surface area contributed by atoms with Gasteiger partial charge >= 0.3 is 0 Å². The SMILES string of the molecule is CC1=CC=C(N(C)c2ccccc2C)C=CC1C. The Labute approximate surface area is 110 Å². The summed E-state index contributed by atoms with van der Waals surface area (Å²) in [5.41, 5.74) is 5.19. The van der Waals surface area contributed by atoms with Gasteiger partial charge in [-0.2, -0.15) is 0 Å². The summed E-state index contributed by atoms with van der Waals surface area (Å²) in [6.45, 7) is 6.56. The second kappa shape index (κ2) is 5.26. The van der Waals surface area contributed by atoms with E-state index in [2.05, 4.69) is 81.3 Å². The standard InChI is InChI=1S/C17H21N/c1-13-9-11-16(12-10-14(13)2)18(4)17-8-6-5-7-15(17)3/h5-13H,1-4H3. The summed E-state index contributed by atoms with van der Waals surface area (Å²) < 4.78 is 0. The number of nitrogens with zero attached hydrogens (tertiary/aromatic N) is 1. The summed E-state index contributed by atoms with van der Waals surface area (Å²) >= 11 is 0. The minimum absolute atomic E-state index is 0.518. The Morgan fingerprint density at radius 1 is 1.06 bits per heavy atom. The largest absolute Gasteiger partial charge is 0.344 e. The van der Waals surface area contributed by atoms with Gasteiger partial charge in [-0.3, -0.25) is 0 Å². The number of rotatable bonds is 2. The third-order valence-corrected chi connectivity index (χ3v) is 3.65. The number of aryl methyl sites for hydroxylation is 1. The van der Waals surface area contributed by atoms with E-state index < -0.39 is 0 Å². The van der Waals surface area contributed by atoms with E-state index in [1.54, 1.807) is 0 Å². The lowest BCUT2D eigenvalue weighted by Gasteiger charge is -2.22. The van der Waals surface area contributed by atoms with Gasteiger partial charge in [0.15, 0.2) is 0 Å².